The van der Waals surface area contributed by atoms with E-state index in [0.717, 1.165) is 43.3 Å². The Balaban J connectivity index is 0.00000288. The minimum atomic E-state index is -0.0826. The quantitative estimate of drug-likeness (QED) is 0.328. The zero-order valence-electron chi connectivity index (χ0n) is 14.8. The van der Waals surface area contributed by atoms with Gasteiger partial charge in [-0.05, 0) is 33.6 Å². The molecule has 0 aromatic carbocycles. The molecule has 0 bridgehead atoms. The number of nitrogens with one attached hydrogen (secondary N) is 1. The van der Waals surface area contributed by atoms with E-state index in [4.69, 9.17) is 9.15 Å². The first kappa shape index (κ1) is 20.7. The van der Waals surface area contributed by atoms with Crippen molar-refractivity contribution in [1.82, 2.24) is 15.2 Å². The van der Waals surface area contributed by atoms with Crippen LogP contribution in [-0.2, 0) is 16.1 Å². The van der Waals surface area contributed by atoms with Crippen LogP contribution in [-0.4, -0.2) is 48.6 Å². The Morgan fingerprint density at radius 2 is 2.08 bits per heavy atom. The lowest BCUT2D eigenvalue weighted by molar-refractivity contribution is -0.149. The highest BCUT2D eigenvalue weighted by Gasteiger charge is 2.27. The Bertz CT molecular complexity index is 546. The summed E-state index contributed by atoms with van der Waals surface area (Å²) >= 11 is 0. The summed E-state index contributed by atoms with van der Waals surface area (Å²) in [6, 6.07) is 0. The van der Waals surface area contributed by atoms with Crippen molar-refractivity contribution >= 4 is 35.9 Å². The van der Waals surface area contributed by atoms with Crippen molar-refractivity contribution in [3.05, 3.63) is 17.3 Å². The molecule has 0 unspecified atom stereocenters. The SMILES string of the molecule is CCOC(=O)C1CCN(C(=NC)NCc2nc(C)c(C)o2)CC1.I. The highest BCUT2D eigenvalue weighted by atomic mass is 127. The van der Waals surface area contributed by atoms with E-state index < -0.39 is 0 Å². The summed E-state index contributed by atoms with van der Waals surface area (Å²) in [5.74, 6) is 2.22. The number of oxazole rings is 1. The number of aliphatic imine (C=N–C) groups is 1. The van der Waals surface area contributed by atoms with E-state index in [1.54, 1.807) is 7.05 Å². The van der Waals surface area contributed by atoms with Crippen LogP contribution in [0.15, 0.2) is 9.41 Å². The number of nitrogens with zero attached hydrogens (tertiary/aromatic N) is 3. The fraction of sp³-hybridized carbons (Fsp3) is 0.688. The van der Waals surface area contributed by atoms with E-state index >= 15 is 0 Å². The van der Waals surface area contributed by atoms with E-state index in [1.165, 1.54) is 0 Å². The monoisotopic (exact) mass is 450 g/mol. The molecule has 1 fully saturated rings. The second kappa shape index (κ2) is 9.85. The highest BCUT2D eigenvalue weighted by molar-refractivity contribution is 14.0. The molecule has 1 aromatic heterocycles. The molecule has 8 heteroatoms. The van der Waals surface area contributed by atoms with Crippen LogP contribution in [0.4, 0.5) is 0 Å². The number of hydrogen-bond acceptors (Lipinski definition) is 5. The minimum absolute atomic E-state index is 0. The Kier molecular flexibility index (Phi) is 8.51. The molecule has 0 radical (unpaired) electrons. The summed E-state index contributed by atoms with van der Waals surface area (Å²) in [7, 11) is 1.76. The molecule has 1 aliphatic heterocycles. The van der Waals surface area contributed by atoms with Gasteiger partial charge in [0, 0.05) is 20.1 Å². The van der Waals surface area contributed by atoms with Crippen molar-refractivity contribution < 1.29 is 13.9 Å². The predicted molar refractivity (Wildman–Crippen MR) is 103 cm³/mol. The average Bonchev–Trinajstić information content (AvgIpc) is 2.87. The summed E-state index contributed by atoms with van der Waals surface area (Å²) in [5.41, 5.74) is 0.909. The van der Waals surface area contributed by atoms with Gasteiger partial charge in [0.2, 0.25) is 5.89 Å². The molecule has 1 aliphatic rings. The van der Waals surface area contributed by atoms with Crippen molar-refractivity contribution in [2.75, 3.05) is 26.7 Å². The molecule has 1 N–H and O–H groups in total. The van der Waals surface area contributed by atoms with E-state index in [9.17, 15) is 4.79 Å². The third-order valence-electron chi connectivity index (χ3n) is 4.10. The number of hydrogen-bond donors (Lipinski definition) is 1. The highest BCUT2D eigenvalue weighted by Crippen LogP contribution is 2.19. The van der Waals surface area contributed by atoms with Crippen LogP contribution in [0, 0.1) is 19.8 Å². The maximum absolute atomic E-state index is 11.8. The van der Waals surface area contributed by atoms with Gasteiger partial charge in [0.05, 0.1) is 24.8 Å². The van der Waals surface area contributed by atoms with Gasteiger partial charge < -0.3 is 19.4 Å². The molecule has 7 nitrogen and oxygen atoms in total. The van der Waals surface area contributed by atoms with Crippen LogP contribution in [0.3, 0.4) is 0 Å². The summed E-state index contributed by atoms with van der Waals surface area (Å²) in [6.45, 7) is 8.18. The fourth-order valence-corrected chi connectivity index (χ4v) is 2.69. The van der Waals surface area contributed by atoms with E-state index in [1.807, 2.05) is 20.8 Å². The van der Waals surface area contributed by atoms with Gasteiger partial charge >= 0.3 is 5.97 Å². The summed E-state index contributed by atoms with van der Waals surface area (Å²) in [4.78, 5) is 22.6. The molecule has 136 valence electrons. The van der Waals surface area contributed by atoms with Gasteiger partial charge in [-0.2, -0.15) is 0 Å². The number of aromatic nitrogens is 1. The third kappa shape index (κ3) is 5.35. The van der Waals surface area contributed by atoms with Gasteiger partial charge in [-0.25, -0.2) is 4.98 Å². The largest absolute Gasteiger partial charge is 0.466 e. The number of aryl methyl sites for hydroxylation is 2. The number of guanidine groups is 1. The van der Waals surface area contributed by atoms with Gasteiger partial charge in [-0.1, -0.05) is 0 Å². The van der Waals surface area contributed by atoms with Crippen molar-refractivity contribution in [2.24, 2.45) is 10.9 Å². The van der Waals surface area contributed by atoms with E-state index in [2.05, 4.69) is 20.2 Å². The number of halogens is 1. The average molecular weight is 450 g/mol. The molecule has 24 heavy (non-hydrogen) atoms. The first-order chi connectivity index (χ1) is 11.0. The second-order valence-electron chi connectivity index (χ2n) is 5.66. The number of piperidine rings is 1. The number of carbonyl (C=O) groups is 1. The summed E-state index contributed by atoms with van der Waals surface area (Å²) < 4.78 is 10.7. The number of carbonyl (C=O) groups excluding carboxylic acids is 1. The van der Waals surface area contributed by atoms with Gasteiger partial charge in [-0.3, -0.25) is 9.79 Å². The smallest absolute Gasteiger partial charge is 0.309 e. The molecule has 2 heterocycles. The molecule has 1 aromatic rings. The molecule has 0 amide bonds. The molecule has 0 atom stereocenters. The molecular formula is C16H27IN4O3. The molecule has 1 saturated heterocycles. The molecule has 0 saturated carbocycles. The van der Waals surface area contributed by atoms with Gasteiger partial charge in [-0.15, -0.1) is 24.0 Å². The summed E-state index contributed by atoms with van der Waals surface area (Å²) in [5, 5.41) is 3.27. The molecule has 0 spiro atoms. The van der Waals surface area contributed by atoms with Crippen LogP contribution < -0.4 is 5.32 Å². The lowest BCUT2D eigenvalue weighted by Gasteiger charge is -2.33. The second-order valence-corrected chi connectivity index (χ2v) is 5.66. The first-order valence-electron chi connectivity index (χ1n) is 8.10. The van der Waals surface area contributed by atoms with Gasteiger partial charge in [0.1, 0.15) is 5.76 Å². The zero-order chi connectivity index (χ0) is 16.8. The lowest BCUT2D eigenvalue weighted by Crippen LogP contribution is -2.46. The number of esters is 1. The summed E-state index contributed by atoms with van der Waals surface area (Å²) in [6.07, 6.45) is 1.58. The minimum Gasteiger partial charge on any atom is -0.466 e. The van der Waals surface area contributed by atoms with Crippen molar-refractivity contribution in [3.8, 4) is 0 Å². The lowest BCUT2D eigenvalue weighted by atomic mass is 9.97. The van der Waals surface area contributed by atoms with Crippen molar-refractivity contribution in [2.45, 2.75) is 40.2 Å². The topological polar surface area (TPSA) is 80.0 Å². The Hall–Kier alpha value is -1.32. The Labute approximate surface area is 160 Å². The van der Waals surface area contributed by atoms with Crippen LogP contribution in [0.25, 0.3) is 0 Å². The number of rotatable bonds is 4. The van der Waals surface area contributed by atoms with E-state index in [0.29, 0.717) is 19.0 Å². The molecule has 0 aliphatic carbocycles. The van der Waals surface area contributed by atoms with Crippen molar-refractivity contribution in [1.29, 1.82) is 0 Å². The first-order valence-corrected chi connectivity index (χ1v) is 8.10. The third-order valence-corrected chi connectivity index (χ3v) is 4.10. The normalized spacial score (nSPS) is 15.8. The van der Waals surface area contributed by atoms with Crippen molar-refractivity contribution in [3.63, 3.8) is 0 Å². The van der Waals surface area contributed by atoms with Crippen LogP contribution in [0.5, 0.6) is 0 Å². The van der Waals surface area contributed by atoms with Crippen LogP contribution in [0.2, 0.25) is 0 Å². The molecule has 2 rings (SSSR count). The fourth-order valence-electron chi connectivity index (χ4n) is 2.69. The molecular weight excluding hydrogens is 423 g/mol. The standard InChI is InChI=1S/C16H26N4O3.HI/c1-5-22-15(21)13-6-8-20(9-7-13)16(17-4)18-10-14-19-11(2)12(3)23-14;/h13H,5-10H2,1-4H3,(H,17,18);1H. The number of likely N-dealkylation sites (tertiary alicyclic amines) is 1. The van der Waals surface area contributed by atoms with Crippen LogP contribution in [0.1, 0.15) is 37.1 Å². The Morgan fingerprint density at radius 3 is 2.58 bits per heavy atom. The maximum atomic E-state index is 11.8. The number of ether oxygens (including phenoxy) is 1. The van der Waals surface area contributed by atoms with Gasteiger partial charge in [0.25, 0.3) is 0 Å². The predicted octanol–water partition coefficient (Wildman–Crippen LogP) is 2.26. The van der Waals surface area contributed by atoms with Crippen LogP contribution >= 0.6 is 24.0 Å². The zero-order valence-corrected chi connectivity index (χ0v) is 17.1. The van der Waals surface area contributed by atoms with Gasteiger partial charge in [0.15, 0.2) is 5.96 Å². The Morgan fingerprint density at radius 1 is 1.42 bits per heavy atom. The maximum Gasteiger partial charge on any atom is 0.309 e. The van der Waals surface area contributed by atoms with E-state index in [-0.39, 0.29) is 35.9 Å².